The SMILES string of the molecule is CC(C)(C)C1CCC(NC(=O)N2CCN3C(=O)N([C@H]4C[C@@H]4c4ccccc4)C(=O)[C@@H]3C2)CC1. The van der Waals surface area contributed by atoms with Crippen molar-refractivity contribution in [2.75, 3.05) is 19.6 Å². The Morgan fingerprint density at radius 2 is 1.70 bits per heavy atom. The number of nitrogens with zero attached hydrogens (tertiary/aromatic N) is 3. The van der Waals surface area contributed by atoms with Crippen LogP contribution in [0.15, 0.2) is 30.3 Å². The Balaban J connectivity index is 1.17. The molecule has 2 aliphatic heterocycles. The van der Waals surface area contributed by atoms with Crippen LogP contribution in [0.4, 0.5) is 9.59 Å². The Morgan fingerprint density at radius 1 is 1.00 bits per heavy atom. The fraction of sp³-hybridized carbons (Fsp3) is 0.654. The molecule has 1 N–H and O–H groups in total. The second-order valence-corrected chi connectivity index (χ2v) is 11.3. The maximum atomic E-state index is 13.2. The summed E-state index contributed by atoms with van der Waals surface area (Å²) in [5, 5.41) is 3.20. The molecule has 7 heteroatoms. The fourth-order valence-corrected chi connectivity index (χ4v) is 6.00. The summed E-state index contributed by atoms with van der Waals surface area (Å²) in [7, 11) is 0. The van der Waals surface area contributed by atoms with Gasteiger partial charge in [0.1, 0.15) is 6.04 Å². The van der Waals surface area contributed by atoms with Gasteiger partial charge in [-0.25, -0.2) is 9.59 Å². The van der Waals surface area contributed by atoms with Crippen LogP contribution in [0, 0.1) is 11.3 Å². The van der Waals surface area contributed by atoms with Gasteiger partial charge in [0.25, 0.3) is 5.91 Å². The molecule has 0 aromatic heterocycles. The Hall–Kier alpha value is -2.57. The highest BCUT2D eigenvalue weighted by molar-refractivity contribution is 6.05. The summed E-state index contributed by atoms with van der Waals surface area (Å²) in [6.07, 6.45) is 5.10. The number of hydrogen-bond acceptors (Lipinski definition) is 3. The van der Waals surface area contributed by atoms with E-state index in [0.29, 0.717) is 24.4 Å². The highest BCUT2D eigenvalue weighted by Gasteiger charge is 2.56. The molecule has 178 valence electrons. The van der Waals surface area contributed by atoms with E-state index < -0.39 is 6.04 Å². The normalized spacial score (nSPS) is 32.1. The highest BCUT2D eigenvalue weighted by Crippen LogP contribution is 2.47. The maximum absolute atomic E-state index is 13.2. The van der Waals surface area contributed by atoms with Gasteiger partial charge < -0.3 is 15.1 Å². The van der Waals surface area contributed by atoms with Gasteiger partial charge in [-0.2, -0.15) is 0 Å². The van der Waals surface area contributed by atoms with Gasteiger partial charge in [0, 0.05) is 31.1 Å². The number of nitrogens with one attached hydrogen (secondary N) is 1. The van der Waals surface area contributed by atoms with Gasteiger partial charge in [-0.05, 0) is 49.0 Å². The Labute approximate surface area is 196 Å². The lowest BCUT2D eigenvalue weighted by atomic mass is 9.71. The van der Waals surface area contributed by atoms with Crippen molar-refractivity contribution in [3.05, 3.63) is 35.9 Å². The third kappa shape index (κ3) is 4.22. The lowest BCUT2D eigenvalue weighted by Crippen LogP contribution is -2.58. The van der Waals surface area contributed by atoms with Crippen molar-refractivity contribution in [1.82, 2.24) is 20.0 Å². The van der Waals surface area contributed by atoms with Crippen molar-refractivity contribution in [1.29, 1.82) is 0 Å². The molecule has 2 saturated heterocycles. The number of urea groups is 2. The summed E-state index contributed by atoms with van der Waals surface area (Å²) in [6, 6.07) is 9.39. The van der Waals surface area contributed by atoms with Crippen molar-refractivity contribution in [3.63, 3.8) is 0 Å². The van der Waals surface area contributed by atoms with Crippen LogP contribution in [0.5, 0.6) is 0 Å². The van der Waals surface area contributed by atoms with Crippen molar-refractivity contribution in [3.8, 4) is 0 Å². The average Bonchev–Trinajstić information content (AvgIpc) is 3.54. The third-order valence-corrected chi connectivity index (χ3v) is 8.24. The van der Waals surface area contributed by atoms with Gasteiger partial charge in [0.05, 0.1) is 6.54 Å². The zero-order valence-corrected chi connectivity index (χ0v) is 20.0. The highest BCUT2D eigenvalue weighted by atomic mass is 16.2. The maximum Gasteiger partial charge on any atom is 0.327 e. The van der Waals surface area contributed by atoms with E-state index in [4.69, 9.17) is 0 Å². The fourth-order valence-electron chi connectivity index (χ4n) is 6.00. The van der Waals surface area contributed by atoms with Crippen molar-refractivity contribution < 1.29 is 14.4 Å². The Morgan fingerprint density at radius 3 is 2.36 bits per heavy atom. The van der Waals surface area contributed by atoms with Crippen LogP contribution in [0.2, 0.25) is 0 Å². The van der Waals surface area contributed by atoms with Crippen LogP contribution in [0.1, 0.15) is 64.4 Å². The molecule has 0 radical (unpaired) electrons. The monoisotopic (exact) mass is 452 g/mol. The first kappa shape index (κ1) is 22.2. The minimum atomic E-state index is -0.550. The summed E-state index contributed by atoms with van der Waals surface area (Å²) in [5.74, 6) is 0.777. The molecule has 5 amide bonds. The Kier molecular flexibility index (Phi) is 5.61. The molecular weight excluding hydrogens is 416 g/mol. The predicted octanol–water partition coefficient (Wildman–Crippen LogP) is 3.81. The van der Waals surface area contributed by atoms with E-state index in [-0.39, 0.29) is 42.5 Å². The molecule has 1 aromatic carbocycles. The van der Waals surface area contributed by atoms with E-state index in [9.17, 15) is 14.4 Å². The van der Waals surface area contributed by atoms with E-state index >= 15 is 0 Å². The zero-order valence-electron chi connectivity index (χ0n) is 20.0. The first-order chi connectivity index (χ1) is 15.7. The van der Waals surface area contributed by atoms with Gasteiger partial charge in [0.15, 0.2) is 0 Å². The molecule has 0 spiro atoms. The molecule has 4 fully saturated rings. The molecule has 33 heavy (non-hydrogen) atoms. The molecule has 3 atom stereocenters. The molecule has 5 rings (SSSR count). The number of piperazine rings is 1. The lowest BCUT2D eigenvalue weighted by molar-refractivity contribution is -0.129. The van der Waals surface area contributed by atoms with Crippen molar-refractivity contribution in [2.24, 2.45) is 11.3 Å². The molecule has 2 saturated carbocycles. The summed E-state index contributed by atoms with van der Waals surface area (Å²) in [5.41, 5.74) is 1.49. The topological polar surface area (TPSA) is 73.0 Å². The second kappa shape index (κ2) is 8.33. The minimum absolute atomic E-state index is 0.0572. The van der Waals surface area contributed by atoms with Crippen LogP contribution in [-0.4, -0.2) is 70.4 Å². The molecule has 2 heterocycles. The standard InChI is InChI=1S/C26H36N4O3/c1-26(2,3)18-9-11-19(12-10-18)27-24(32)28-13-14-29-22(16-28)23(31)30(25(29)33)21-15-20(21)17-7-5-4-6-8-17/h4-8,18-22H,9-16H2,1-3H3,(H,27,32)/t18?,19?,20-,21+,22+/m1/s1. The number of carbonyl (C=O) groups excluding carboxylic acids is 3. The number of hydrogen-bond donors (Lipinski definition) is 1. The van der Waals surface area contributed by atoms with E-state index in [1.165, 1.54) is 10.5 Å². The van der Waals surface area contributed by atoms with Crippen molar-refractivity contribution >= 4 is 18.0 Å². The molecule has 2 aliphatic carbocycles. The van der Waals surface area contributed by atoms with Gasteiger partial charge in [-0.1, -0.05) is 51.1 Å². The number of carbonyl (C=O) groups is 3. The van der Waals surface area contributed by atoms with Gasteiger partial charge in [0.2, 0.25) is 0 Å². The number of imide groups is 1. The smallest absolute Gasteiger partial charge is 0.327 e. The molecule has 7 nitrogen and oxygen atoms in total. The molecule has 0 unspecified atom stereocenters. The third-order valence-electron chi connectivity index (χ3n) is 8.24. The average molecular weight is 453 g/mol. The van der Waals surface area contributed by atoms with Crippen LogP contribution in [0.3, 0.4) is 0 Å². The first-order valence-corrected chi connectivity index (χ1v) is 12.5. The van der Waals surface area contributed by atoms with Crippen LogP contribution in [0.25, 0.3) is 0 Å². The van der Waals surface area contributed by atoms with Crippen LogP contribution >= 0.6 is 0 Å². The van der Waals surface area contributed by atoms with Crippen LogP contribution in [-0.2, 0) is 4.79 Å². The predicted molar refractivity (Wildman–Crippen MR) is 126 cm³/mol. The van der Waals surface area contributed by atoms with E-state index in [0.717, 1.165) is 32.1 Å². The van der Waals surface area contributed by atoms with Gasteiger partial charge in [-0.3, -0.25) is 9.69 Å². The molecule has 1 aromatic rings. The number of amides is 5. The van der Waals surface area contributed by atoms with Gasteiger partial charge >= 0.3 is 12.1 Å². The summed E-state index contributed by atoms with van der Waals surface area (Å²) in [6.45, 7) is 8.06. The van der Waals surface area contributed by atoms with Gasteiger partial charge in [-0.15, -0.1) is 0 Å². The van der Waals surface area contributed by atoms with E-state index in [1.807, 2.05) is 18.2 Å². The molecule has 0 bridgehead atoms. The van der Waals surface area contributed by atoms with E-state index in [2.05, 4.69) is 38.2 Å². The van der Waals surface area contributed by atoms with E-state index in [1.54, 1.807) is 9.80 Å². The molecule has 4 aliphatic rings. The lowest BCUT2D eigenvalue weighted by Gasteiger charge is -2.39. The summed E-state index contributed by atoms with van der Waals surface area (Å²) >= 11 is 0. The number of benzene rings is 1. The van der Waals surface area contributed by atoms with Crippen molar-refractivity contribution in [2.45, 2.75) is 76.9 Å². The number of fused-ring (bicyclic) bond motifs is 1. The summed E-state index contributed by atoms with van der Waals surface area (Å²) < 4.78 is 0. The quantitative estimate of drug-likeness (QED) is 0.709. The Bertz CT molecular complexity index is 919. The van der Waals surface area contributed by atoms with Crippen LogP contribution < -0.4 is 5.32 Å². The first-order valence-electron chi connectivity index (χ1n) is 12.5. The minimum Gasteiger partial charge on any atom is -0.335 e. The molecular formula is C26H36N4O3. The number of rotatable bonds is 3. The second-order valence-electron chi connectivity index (χ2n) is 11.3. The summed E-state index contributed by atoms with van der Waals surface area (Å²) in [4.78, 5) is 44.1. The largest absolute Gasteiger partial charge is 0.335 e. The zero-order chi connectivity index (χ0) is 23.3.